The number of rotatable bonds is 5. The van der Waals surface area contributed by atoms with E-state index < -0.39 is 5.91 Å². The number of amides is 1. The van der Waals surface area contributed by atoms with Crippen molar-refractivity contribution < 1.29 is 9.18 Å². The van der Waals surface area contributed by atoms with Crippen molar-refractivity contribution in [3.63, 3.8) is 0 Å². The van der Waals surface area contributed by atoms with Crippen LogP contribution in [-0.4, -0.2) is 5.91 Å². The van der Waals surface area contributed by atoms with Crippen molar-refractivity contribution in [2.45, 2.75) is 19.5 Å². The Morgan fingerprint density at radius 2 is 1.95 bits per heavy atom. The summed E-state index contributed by atoms with van der Waals surface area (Å²) in [7, 11) is 0. The average Bonchev–Trinajstić information content (AvgIpc) is 2.45. The summed E-state index contributed by atoms with van der Waals surface area (Å²) in [5.74, 6) is -0.667. The predicted octanol–water partition coefficient (Wildman–Crippen LogP) is 2.78. The first-order valence-electron chi connectivity index (χ1n) is 6.44. The average molecular weight is 272 g/mol. The van der Waals surface area contributed by atoms with Gasteiger partial charge in [-0.1, -0.05) is 24.3 Å². The fourth-order valence-electron chi connectivity index (χ4n) is 1.95. The van der Waals surface area contributed by atoms with E-state index in [1.54, 1.807) is 18.2 Å². The number of carbonyl (C=O) groups is 1. The second-order valence-electron chi connectivity index (χ2n) is 4.72. The first kappa shape index (κ1) is 14.2. The number of nitrogens with one attached hydrogen (secondary N) is 1. The SMILES string of the molecule is C[C@@H](NCc1ccc(C(N)=O)cc1)c1cccc(F)c1. The van der Waals surface area contributed by atoms with Gasteiger partial charge in [0.2, 0.25) is 5.91 Å². The van der Waals surface area contributed by atoms with E-state index in [4.69, 9.17) is 5.73 Å². The zero-order valence-corrected chi connectivity index (χ0v) is 11.3. The van der Waals surface area contributed by atoms with Crippen LogP contribution in [0.25, 0.3) is 0 Å². The molecule has 0 fully saturated rings. The standard InChI is InChI=1S/C16H17FN2O/c1-11(14-3-2-4-15(17)9-14)19-10-12-5-7-13(8-6-12)16(18)20/h2-9,11,19H,10H2,1H3,(H2,18,20)/t11-/m1/s1. The van der Waals surface area contributed by atoms with Gasteiger partial charge in [-0.25, -0.2) is 4.39 Å². The van der Waals surface area contributed by atoms with Crippen LogP contribution in [0, 0.1) is 5.82 Å². The lowest BCUT2D eigenvalue weighted by atomic mass is 10.1. The molecule has 20 heavy (non-hydrogen) atoms. The quantitative estimate of drug-likeness (QED) is 0.879. The molecule has 1 amide bonds. The number of halogens is 1. The zero-order valence-electron chi connectivity index (χ0n) is 11.3. The van der Waals surface area contributed by atoms with E-state index >= 15 is 0 Å². The van der Waals surface area contributed by atoms with Crippen molar-refractivity contribution in [3.8, 4) is 0 Å². The number of primary amides is 1. The van der Waals surface area contributed by atoms with Gasteiger partial charge in [0, 0.05) is 18.2 Å². The summed E-state index contributed by atoms with van der Waals surface area (Å²) in [4.78, 5) is 11.0. The Labute approximate surface area is 117 Å². The molecular formula is C16H17FN2O. The third kappa shape index (κ3) is 3.65. The van der Waals surface area contributed by atoms with E-state index in [0.717, 1.165) is 11.1 Å². The molecule has 0 aromatic heterocycles. The third-order valence-corrected chi connectivity index (χ3v) is 3.20. The molecule has 2 aromatic rings. The van der Waals surface area contributed by atoms with Gasteiger partial charge in [0.15, 0.2) is 0 Å². The fourth-order valence-corrected chi connectivity index (χ4v) is 1.95. The maximum Gasteiger partial charge on any atom is 0.248 e. The largest absolute Gasteiger partial charge is 0.366 e. The minimum Gasteiger partial charge on any atom is -0.366 e. The maximum atomic E-state index is 13.1. The van der Waals surface area contributed by atoms with Gasteiger partial charge in [-0.15, -0.1) is 0 Å². The second kappa shape index (κ2) is 6.30. The molecule has 0 radical (unpaired) electrons. The molecule has 3 nitrogen and oxygen atoms in total. The van der Waals surface area contributed by atoms with Gasteiger partial charge >= 0.3 is 0 Å². The van der Waals surface area contributed by atoms with Gasteiger partial charge < -0.3 is 11.1 Å². The molecule has 1 atom stereocenters. The molecule has 0 aliphatic heterocycles. The van der Waals surface area contributed by atoms with Crippen LogP contribution in [0.3, 0.4) is 0 Å². The molecule has 2 aromatic carbocycles. The number of hydrogen-bond donors (Lipinski definition) is 2. The predicted molar refractivity (Wildman–Crippen MR) is 76.6 cm³/mol. The van der Waals surface area contributed by atoms with Gasteiger partial charge in [0.1, 0.15) is 5.82 Å². The topological polar surface area (TPSA) is 55.1 Å². The van der Waals surface area contributed by atoms with Crippen molar-refractivity contribution in [2.75, 3.05) is 0 Å². The van der Waals surface area contributed by atoms with Crippen molar-refractivity contribution in [1.29, 1.82) is 0 Å². The number of hydrogen-bond acceptors (Lipinski definition) is 2. The first-order chi connectivity index (χ1) is 9.56. The highest BCUT2D eigenvalue weighted by molar-refractivity contribution is 5.92. The molecule has 0 saturated carbocycles. The van der Waals surface area contributed by atoms with Crippen molar-refractivity contribution in [1.82, 2.24) is 5.32 Å². The Balaban J connectivity index is 1.96. The molecule has 104 valence electrons. The summed E-state index contributed by atoms with van der Waals surface area (Å²) < 4.78 is 13.1. The normalized spacial score (nSPS) is 12.1. The highest BCUT2D eigenvalue weighted by Crippen LogP contribution is 2.14. The Morgan fingerprint density at radius 1 is 1.25 bits per heavy atom. The summed E-state index contributed by atoms with van der Waals surface area (Å²) in [6, 6.07) is 13.7. The lowest BCUT2D eigenvalue weighted by molar-refractivity contribution is 0.100. The highest BCUT2D eigenvalue weighted by atomic mass is 19.1. The Bertz CT molecular complexity index is 596. The lowest BCUT2D eigenvalue weighted by Gasteiger charge is -2.14. The molecule has 4 heteroatoms. The molecule has 3 N–H and O–H groups in total. The monoisotopic (exact) mass is 272 g/mol. The van der Waals surface area contributed by atoms with Crippen LogP contribution in [0.1, 0.15) is 34.5 Å². The Morgan fingerprint density at radius 3 is 2.55 bits per heavy atom. The summed E-state index contributed by atoms with van der Waals surface area (Å²) >= 11 is 0. The third-order valence-electron chi connectivity index (χ3n) is 3.20. The van der Waals surface area contributed by atoms with Crippen LogP contribution in [0.5, 0.6) is 0 Å². The summed E-state index contributed by atoms with van der Waals surface area (Å²) in [5, 5.41) is 3.31. The van der Waals surface area contributed by atoms with Gasteiger partial charge in [0.05, 0.1) is 0 Å². The van der Waals surface area contributed by atoms with Crippen LogP contribution in [0.15, 0.2) is 48.5 Å². The van der Waals surface area contributed by atoms with E-state index in [1.807, 2.05) is 25.1 Å². The van der Waals surface area contributed by atoms with E-state index in [2.05, 4.69) is 5.32 Å². The van der Waals surface area contributed by atoms with Crippen LogP contribution >= 0.6 is 0 Å². The van der Waals surface area contributed by atoms with Crippen molar-refractivity contribution in [3.05, 3.63) is 71.0 Å². The van der Waals surface area contributed by atoms with Gasteiger partial charge in [-0.05, 0) is 42.3 Å². The fraction of sp³-hybridized carbons (Fsp3) is 0.188. The number of carbonyl (C=O) groups excluding carboxylic acids is 1. The minimum atomic E-state index is -0.433. The van der Waals surface area contributed by atoms with Gasteiger partial charge in [-0.3, -0.25) is 4.79 Å². The Kier molecular flexibility index (Phi) is 4.48. The molecule has 0 bridgehead atoms. The van der Waals surface area contributed by atoms with Crippen molar-refractivity contribution >= 4 is 5.91 Å². The smallest absolute Gasteiger partial charge is 0.248 e. The van der Waals surface area contributed by atoms with Crippen LogP contribution in [0.4, 0.5) is 4.39 Å². The maximum absolute atomic E-state index is 13.1. The van der Waals surface area contributed by atoms with Crippen LogP contribution < -0.4 is 11.1 Å². The first-order valence-corrected chi connectivity index (χ1v) is 6.44. The van der Waals surface area contributed by atoms with Crippen LogP contribution in [0.2, 0.25) is 0 Å². The molecule has 0 saturated heterocycles. The van der Waals surface area contributed by atoms with Crippen molar-refractivity contribution in [2.24, 2.45) is 5.73 Å². The molecule has 0 unspecified atom stereocenters. The highest BCUT2D eigenvalue weighted by Gasteiger charge is 2.06. The lowest BCUT2D eigenvalue weighted by Crippen LogP contribution is -2.18. The molecule has 0 spiro atoms. The second-order valence-corrected chi connectivity index (χ2v) is 4.72. The molecule has 0 aliphatic carbocycles. The van der Waals surface area contributed by atoms with E-state index in [1.165, 1.54) is 12.1 Å². The number of nitrogens with two attached hydrogens (primary N) is 1. The Hall–Kier alpha value is -2.20. The van der Waals surface area contributed by atoms with Gasteiger partial charge in [0.25, 0.3) is 0 Å². The molecular weight excluding hydrogens is 255 g/mol. The van der Waals surface area contributed by atoms with Gasteiger partial charge in [-0.2, -0.15) is 0 Å². The summed E-state index contributed by atoms with van der Waals surface area (Å²) in [5.41, 5.74) is 7.62. The summed E-state index contributed by atoms with van der Waals surface area (Å²) in [6.07, 6.45) is 0. The summed E-state index contributed by atoms with van der Waals surface area (Å²) in [6.45, 7) is 2.61. The molecule has 0 heterocycles. The van der Waals surface area contributed by atoms with E-state index in [0.29, 0.717) is 12.1 Å². The minimum absolute atomic E-state index is 0.0431. The van der Waals surface area contributed by atoms with Crippen LogP contribution in [-0.2, 0) is 6.54 Å². The molecule has 2 rings (SSSR count). The van der Waals surface area contributed by atoms with E-state index in [-0.39, 0.29) is 11.9 Å². The zero-order chi connectivity index (χ0) is 14.5. The van der Waals surface area contributed by atoms with E-state index in [9.17, 15) is 9.18 Å². The molecule has 0 aliphatic rings. The number of benzene rings is 2.